The first kappa shape index (κ1) is 16.5. The second-order valence-electron chi connectivity index (χ2n) is 6.13. The highest BCUT2D eigenvalue weighted by Gasteiger charge is 2.20. The molecule has 0 aromatic heterocycles. The van der Waals surface area contributed by atoms with Gasteiger partial charge in [0.05, 0.1) is 13.2 Å². The zero-order chi connectivity index (χ0) is 15.3. The fraction of sp³-hybridized carbons (Fsp3) is 0.562. The van der Waals surface area contributed by atoms with Crippen LogP contribution in [0.15, 0.2) is 24.3 Å². The number of rotatable bonds is 5. The van der Waals surface area contributed by atoms with Crippen molar-refractivity contribution >= 4 is 5.91 Å². The van der Waals surface area contributed by atoms with E-state index in [1.807, 2.05) is 58.9 Å². The molecule has 2 N–H and O–H groups in total. The molecule has 1 aromatic carbocycles. The van der Waals surface area contributed by atoms with E-state index in [2.05, 4.69) is 10.6 Å². The quantitative estimate of drug-likeness (QED) is 0.870. The van der Waals surface area contributed by atoms with Gasteiger partial charge in [-0.05, 0) is 52.3 Å². The summed E-state index contributed by atoms with van der Waals surface area (Å²) in [5, 5.41) is 6.27. The Bertz CT molecular complexity index is 452. The number of carbonyl (C=O) groups is 1. The van der Waals surface area contributed by atoms with Crippen LogP contribution in [0.3, 0.4) is 0 Å². The SMILES string of the molecule is COc1cccc([C@@H](C)NC(C)C(=O)NC(C)(C)C)c1. The van der Waals surface area contributed by atoms with E-state index in [0.29, 0.717) is 0 Å². The van der Waals surface area contributed by atoms with Crippen LogP contribution in [-0.4, -0.2) is 24.6 Å². The van der Waals surface area contributed by atoms with E-state index in [9.17, 15) is 4.79 Å². The largest absolute Gasteiger partial charge is 0.497 e. The van der Waals surface area contributed by atoms with Gasteiger partial charge in [0.15, 0.2) is 0 Å². The summed E-state index contributed by atoms with van der Waals surface area (Å²) in [6.07, 6.45) is 0. The van der Waals surface area contributed by atoms with Crippen LogP contribution in [0.2, 0.25) is 0 Å². The molecule has 0 aliphatic rings. The number of hydrogen-bond acceptors (Lipinski definition) is 3. The Morgan fingerprint density at radius 3 is 2.45 bits per heavy atom. The third-order valence-electron chi connectivity index (χ3n) is 2.99. The average molecular weight is 278 g/mol. The highest BCUT2D eigenvalue weighted by Crippen LogP contribution is 2.19. The van der Waals surface area contributed by atoms with Gasteiger partial charge in [-0.15, -0.1) is 0 Å². The van der Waals surface area contributed by atoms with Gasteiger partial charge in [-0.1, -0.05) is 12.1 Å². The molecule has 4 heteroatoms. The summed E-state index contributed by atoms with van der Waals surface area (Å²) < 4.78 is 5.22. The molecular formula is C16H26N2O2. The number of methoxy groups -OCH3 is 1. The predicted octanol–water partition coefficient (Wildman–Crippen LogP) is 2.65. The van der Waals surface area contributed by atoms with Crippen LogP contribution in [0.5, 0.6) is 5.75 Å². The van der Waals surface area contributed by atoms with Crippen molar-refractivity contribution in [3.05, 3.63) is 29.8 Å². The van der Waals surface area contributed by atoms with Crippen molar-refractivity contribution in [2.75, 3.05) is 7.11 Å². The molecule has 1 aromatic rings. The minimum atomic E-state index is -0.254. The molecular weight excluding hydrogens is 252 g/mol. The third-order valence-corrected chi connectivity index (χ3v) is 2.99. The van der Waals surface area contributed by atoms with Gasteiger partial charge >= 0.3 is 0 Å². The summed E-state index contributed by atoms with van der Waals surface area (Å²) in [5.74, 6) is 0.829. The Balaban J connectivity index is 2.65. The lowest BCUT2D eigenvalue weighted by Gasteiger charge is -2.25. The van der Waals surface area contributed by atoms with Crippen molar-refractivity contribution in [2.24, 2.45) is 0 Å². The lowest BCUT2D eigenvalue weighted by atomic mass is 10.1. The van der Waals surface area contributed by atoms with Gasteiger partial charge in [-0.25, -0.2) is 0 Å². The molecule has 1 unspecified atom stereocenters. The smallest absolute Gasteiger partial charge is 0.237 e. The average Bonchev–Trinajstić information content (AvgIpc) is 2.36. The van der Waals surface area contributed by atoms with Crippen LogP contribution in [0.25, 0.3) is 0 Å². The molecule has 2 atom stereocenters. The molecule has 4 nitrogen and oxygen atoms in total. The molecule has 0 aliphatic carbocycles. The van der Waals surface area contributed by atoms with Crippen molar-refractivity contribution in [3.8, 4) is 5.75 Å². The van der Waals surface area contributed by atoms with E-state index in [1.165, 1.54) is 0 Å². The Kier molecular flexibility index (Phi) is 5.57. The molecule has 0 fully saturated rings. The number of hydrogen-bond donors (Lipinski definition) is 2. The normalized spacial score (nSPS) is 14.5. The second kappa shape index (κ2) is 6.75. The third kappa shape index (κ3) is 5.21. The van der Waals surface area contributed by atoms with E-state index < -0.39 is 0 Å². The highest BCUT2D eigenvalue weighted by molar-refractivity contribution is 5.81. The maximum atomic E-state index is 12.1. The van der Waals surface area contributed by atoms with E-state index in [0.717, 1.165) is 11.3 Å². The Morgan fingerprint density at radius 2 is 1.90 bits per heavy atom. The summed E-state index contributed by atoms with van der Waals surface area (Å²) in [7, 11) is 1.65. The molecule has 0 heterocycles. The number of ether oxygens (including phenoxy) is 1. The first-order chi connectivity index (χ1) is 9.23. The first-order valence-electron chi connectivity index (χ1n) is 6.95. The number of amides is 1. The molecule has 1 amide bonds. The predicted molar refractivity (Wildman–Crippen MR) is 81.9 cm³/mol. The zero-order valence-corrected chi connectivity index (χ0v) is 13.3. The van der Waals surface area contributed by atoms with Crippen LogP contribution in [0.1, 0.15) is 46.2 Å². The summed E-state index contributed by atoms with van der Waals surface area (Å²) in [5.41, 5.74) is 0.881. The molecule has 0 saturated carbocycles. The van der Waals surface area contributed by atoms with Crippen molar-refractivity contribution < 1.29 is 9.53 Å². The standard InChI is InChI=1S/C16H26N2O2/c1-11(13-8-7-9-14(10-13)20-6)17-12(2)15(19)18-16(3,4)5/h7-12,17H,1-6H3,(H,18,19)/t11-,12?/m1/s1. The molecule has 1 rings (SSSR count). The monoisotopic (exact) mass is 278 g/mol. The Morgan fingerprint density at radius 1 is 1.25 bits per heavy atom. The lowest BCUT2D eigenvalue weighted by Crippen LogP contribution is -2.49. The minimum absolute atomic E-state index is 0.00671. The van der Waals surface area contributed by atoms with E-state index >= 15 is 0 Å². The number of nitrogens with one attached hydrogen (secondary N) is 2. The fourth-order valence-corrected chi connectivity index (χ4v) is 1.94. The van der Waals surface area contributed by atoms with Gasteiger partial charge in [0.2, 0.25) is 5.91 Å². The Hall–Kier alpha value is -1.55. The summed E-state index contributed by atoms with van der Waals surface area (Å²) in [4.78, 5) is 12.1. The molecule has 0 aliphatic heterocycles. The van der Waals surface area contributed by atoms with Gasteiger partial charge in [0.1, 0.15) is 5.75 Å². The number of benzene rings is 1. The fourth-order valence-electron chi connectivity index (χ4n) is 1.94. The summed E-state index contributed by atoms with van der Waals surface area (Å²) in [6.45, 7) is 9.84. The Labute approximate surface area is 121 Å². The van der Waals surface area contributed by atoms with E-state index in [4.69, 9.17) is 4.74 Å². The van der Waals surface area contributed by atoms with Crippen LogP contribution in [0, 0.1) is 0 Å². The van der Waals surface area contributed by atoms with Crippen molar-refractivity contribution in [1.29, 1.82) is 0 Å². The highest BCUT2D eigenvalue weighted by atomic mass is 16.5. The van der Waals surface area contributed by atoms with Crippen molar-refractivity contribution in [1.82, 2.24) is 10.6 Å². The molecule has 20 heavy (non-hydrogen) atoms. The molecule has 0 radical (unpaired) electrons. The van der Waals surface area contributed by atoms with Gasteiger partial charge in [-0.2, -0.15) is 0 Å². The van der Waals surface area contributed by atoms with Gasteiger partial charge in [0.25, 0.3) is 0 Å². The molecule has 0 saturated heterocycles. The maximum absolute atomic E-state index is 12.1. The summed E-state index contributed by atoms with van der Waals surface area (Å²) in [6, 6.07) is 7.68. The van der Waals surface area contributed by atoms with E-state index in [1.54, 1.807) is 7.11 Å². The molecule has 0 spiro atoms. The van der Waals surface area contributed by atoms with Gasteiger partial charge < -0.3 is 10.1 Å². The van der Waals surface area contributed by atoms with Crippen molar-refractivity contribution in [2.45, 2.75) is 52.2 Å². The van der Waals surface area contributed by atoms with Crippen molar-refractivity contribution in [3.63, 3.8) is 0 Å². The molecule has 0 bridgehead atoms. The number of carbonyl (C=O) groups excluding carboxylic acids is 1. The lowest BCUT2D eigenvalue weighted by molar-refractivity contribution is -0.124. The second-order valence-corrected chi connectivity index (χ2v) is 6.13. The molecule has 112 valence electrons. The topological polar surface area (TPSA) is 50.4 Å². The summed E-state index contributed by atoms with van der Waals surface area (Å²) >= 11 is 0. The van der Waals surface area contributed by atoms with Crippen LogP contribution >= 0.6 is 0 Å². The first-order valence-corrected chi connectivity index (χ1v) is 6.95. The zero-order valence-electron chi connectivity index (χ0n) is 13.3. The minimum Gasteiger partial charge on any atom is -0.497 e. The van der Waals surface area contributed by atoms with Gasteiger partial charge in [-0.3, -0.25) is 10.1 Å². The van der Waals surface area contributed by atoms with Crippen LogP contribution < -0.4 is 15.4 Å². The van der Waals surface area contributed by atoms with E-state index in [-0.39, 0.29) is 23.5 Å². The van der Waals surface area contributed by atoms with Gasteiger partial charge in [0, 0.05) is 11.6 Å². The maximum Gasteiger partial charge on any atom is 0.237 e. The van der Waals surface area contributed by atoms with Crippen LogP contribution in [0.4, 0.5) is 0 Å². The van der Waals surface area contributed by atoms with Crippen LogP contribution in [-0.2, 0) is 4.79 Å².